The standard InChI is InChI=1S/C14H13ClFNO3/c15-10-6-3-7-11(12(10)16)17-13(18)8-4-1-2-5-9(8)14(19)20/h1-3,6-9H,4-5H2,(H,17,18)(H,19,20)/t8-,9+/m1/s1. The van der Waals surface area contributed by atoms with Crippen LogP contribution in [0.15, 0.2) is 30.4 Å². The van der Waals surface area contributed by atoms with E-state index >= 15 is 0 Å². The highest BCUT2D eigenvalue weighted by Gasteiger charge is 2.34. The Labute approximate surface area is 120 Å². The van der Waals surface area contributed by atoms with Gasteiger partial charge in [0.15, 0.2) is 5.82 Å². The smallest absolute Gasteiger partial charge is 0.307 e. The molecule has 0 bridgehead atoms. The number of carbonyl (C=O) groups is 2. The van der Waals surface area contributed by atoms with Gasteiger partial charge in [-0.1, -0.05) is 29.8 Å². The van der Waals surface area contributed by atoms with Crippen molar-refractivity contribution < 1.29 is 19.1 Å². The van der Waals surface area contributed by atoms with Gasteiger partial charge >= 0.3 is 5.97 Å². The number of aliphatic carboxylic acids is 1. The summed E-state index contributed by atoms with van der Waals surface area (Å²) in [6, 6.07) is 4.26. The van der Waals surface area contributed by atoms with Crippen molar-refractivity contribution in [1.29, 1.82) is 0 Å². The Balaban J connectivity index is 2.17. The topological polar surface area (TPSA) is 66.4 Å². The van der Waals surface area contributed by atoms with Crippen molar-refractivity contribution in [3.05, 3.63) is 41.2 Å². The Morgan fingerprint density at radius 1 is 1.25 bits per heavy atom. The summed E-state index contributed by atoms with van der Waals surface area (Å²) in [6.45, 7) is 0. The molecule has 0 spiro atoms. The molecule has 0 heterocycles. The van der Waals surface area contributed by atoms with Crippen LogP contribution >= 0.6 is 11.6 Å². The number of hydrogen-bond acceptors (Lipinski definition) is 2. The molecule has 4 nitrogen and oxygen atoms in total. The van der Waals surface area contributed by atoms with Gasteiger partial charge in [0.1, 0.15) is 0 Å². The summed E-state index contributed by atoms with van der Waals surface area (Å²) in [4.78, 5) is 23.3. The monoisotopic (exact) mass is 297 g/mol. The normalized spacial score (nSPS) is 21.5. The fourth-order valence-corrected chi connectivity index (χ4v) is 2.38. The maximum absolute atomic E-state index is 13.7. The molecule has 0 saturated carbocycles. The summed E-state index contributed by atoms with van der Waals surface area (Å²) in [5.41, 5.74) is -0.0406. The first-order chi connectivity index (χ1) is 9.50. The lowest BCUT2D eigenvalue weighted by molar-refractivity contribution is -0.146. The molecule has 2 N–H and O–H groups in total. The highest BCUT2D eigenvalue weighted by Crippen LogP contribution is 2.28. The van der Waals surface area contributed by atoms with Crippen molar-refractivity contribution in [2.24, 2.45) is 11.8 Å². The number of benzene rings is 1. The molecule has 2 atom stereocenters. The number of rotatable bonds is 3. The van der Waals surface area contributed by atoms with Gasteiger partial charge in [0, 0.05) is 0 Å². The number of carboxylic acid groups (broad SMARTS) is 1. The third-order valence-electron chi connectivity index (χ3n) is 3.30. The van der Waals surface area contributed by atoms with Crippen molar-refractivity contribution >= 4 is 29.2 Å². The summed E-state index contributed by atoms with van der Waals surface area (Å²) in [5, 5.41) is 11.4. The minimum Gasteiger partial charge on any atom is -0.481 e. The van der Waals surface area contributed by atoms with Crippen molar-refractivity contribution in [2.75, 3.05) is 5.32 Å². The van der Waals surface area contributed by atoms with E-state index in [1.807, 2.05) is 0 Å². The van der Waals surface area contributed by atoms with Crippen molar-refractivity contribution in [3.8, 4) is 0 Å². The summed E-state index contributed by atoms with van der Waals surface area (Å²) in [5.74, 6) is -3.76. The Hall–Kier alpha value is -1.88. The molecule has 0 aliphatic heterocycles. The number of carbonyl (C=O) groups excluding carboxylic acids is 1. The van der Waals surface area contributed by atoms with Crippen molar-refractivity contribution in [2.45, 2.75) is 12.8 Å². The molecule has 0 unspecified atom stereocenters. The average Bonchev–Trinajstić information content (AvgIpc) is 2.43. The lowest BCUT2D eigenvalue weighted by Crippen LogP contribution is -2.34. The number of anilines is 1. The second kappa shape index (κ2) is 6.05. The van der Waals surface area contributed by atoms with E-state index in [0.717, 1.165) is 0 Å². The number of nitrogens with one attached hydrogen (secondary N) is 1. The number of hydrogen-bond donors (Lipinski definition) is 2. The van der Waals surface area contributed by atoms with E-state index in [9.17, 15) is 14.0 Å². The van der Waals surface area contributed by atoms with E-state index in [2.05, 4.69) is 5.32 Å². The molecule has 2 rings (SSSR count). The maximum Gasteiger partial charge on any atom is 0.307 e. The van der Waals surface area contributed by atoms with E-state index in [1.165, 1.54) is 18.2 Å². The Morgan fingerprint density at radius 2 is 1.90 bits per heavy atom. The van der Waals surface area contributed by atoms with Crippen LogP contribution in [0, 0.1) is 17.7 Å². The van der Waals surface area contributed by atoms with E-state index in [1.54, 1.807) is 12.2 Å². The van der Waals surface area contributed by atoms with Crippen LogP contribution in [-0.2, 0) is 9.59 Å². The van der Waals surface area contributed by atoms with Gasteiger partial charge in [0.05, 0.1) is 22.5 Å². The Kier molecular flexibility index (Phi) is 4.39. The quantitative estimate of drug-likeness (QED) is 0.843. The first kappa shape index (κ1) is 14.5. The van der Waals surface area contributed by atoms with E-state index in [4.69, 9.17) is 16.7 Å². The van der Waals surface area contributed by atoms with Crippen LogP contribution < -0.4 is 5.32 Å². The zero-order valence-electron chi connectivity index (χ0n) is 10.5. The predicted molar refractivity (Wildman–Crippen MR) is 73.0 cm³/mol. The van der Waals surface area contributed by atoms with Crippen LogP contribution in [0.5, 0.6) is 0 Å². The summed E-state index contributed by atoms with van der Waals surface area (Å²) >= 11 is 5.63. The first-order valence-corrected chi connectivity index (χ1v) is 6.51. The largest absolute Gasteiger partial charge is 0.481 e. The molecule has 1 aliphatic rings. The first-order valence-electron chi connectivity index (χ1n) is 6.13. The number of allylic oxidation sites excluding steroid dienone is 2. The predicted octanol–water partition coefficient (Wildman–Crippen LogP) is 3.08. The number of halogens is 2. The minimum absolute atomic E-state index is 0.0406. The molecule has 0 saturated heterocycles. The summed E-state index contributed by atoms with van der Waals surface area (Å²) < 4.78 is 13.7. The Bertz CT molecular complexity index is 574. The SMILES string of the molecule is O=C(O)[C@H]1CC=CC[C@H]1C(=O)Nc1cccc(Cl)c1F. The molecule has 20 heavy (non-hydrogen) atoms. The minimum atomic E-state index is -1.03. The van der Waals surface area contributed by atoms with Gasteiger partial charge < -0.3 is 10.4 Å². The molecule has 0 radical (unpaired) electrons. The van der Waals surface area contributed by atoms with Crippen molar-refractivity contribution in [3.63, 3.8) is 0 Å². The highest BCUT2D eigenvalue weighted by molar-refractivity contribution is 6.31. The highest BCUT2D eigenvalue weighted by atomic mass is 35.5. The zero-order chi connectivity index (χ0) is 14.7. The molecule has 0 fully saturated rings. The third-order valence-corrected chi connectivity index (χ3v) is 3.59. The maximum atomic E-state index is 13.7. The fourth-order valence-electron chi connectivity index (χ4n) is 2.20. The lowest BCUT2D eigenvalue weighted by Gasteiger charge is -2.24. The lowest BCUT2D eigenvalue weighted by atomic mass is 9.82. The molecule has 1 aliphatic carbocycles. The second-order valence-electron chi connectivity index (χ2n) is 4.58. The molecule has 6 heteroatoms. The van der Waals surface area contributed by atoms with Crippen LogP contribution in [0.25, 0.3) is 0 Å². The van der Waals surface area contributed by atoms with Crippen LogP contribution in [0.1, 0.15) is 12.8 Å². The average molecular weight is 298 g/mol. The second-order valence-corrected chi connectivity index (χ2v) is 4.99. The fraction of sp³-hybridized carbons (Fsp3) is 0.286. The number of carboxylic acids is 1. The molecule has 1 aromatic rings. The zero-order valence-corrected chi connectivity index (χ0v) is 11.2. The molecular formula is C14H13ClFNO3. The third kappa shape index (κ3) is 2.99. The molecule has 1 amide bonds. The van der Waals surface area contributed by atoms with Gasteiger partial charge in [-0.2, -0.15) is 0 Å². The van der Waals surface area contributed by atoms with E-state index < -0.39 is 29.5 Å². The van der Waals surface area contributed by atoms with Gasteiger partial charge in [-0.3, -0.25) is 9.59 Å². The van der Waals surface area contributed by atoms with Crippen LogP contribution in [-0.4, -0.2) is 17.0 Å². The Morgan fingerprint density at radius 3 is 2.55 bits per heavy atom. The molecular weight excluding hydrogens is 285 g/mol. The molecule has 1 aromatic carbocycles. The van der Waals surface area contributed by atoms with Gasteiger partial charge in [0.2, 0.25) is 5.91 Å². The summed E-state index contributed by atoms with van der Waals surface area (Å²) in [7, 11) is 0. The number of amides is 1. The molecule has 106 valence electrons. The van der Waals surface area contributed by atoms with Gasteiger partial charge in [-0.25, -0.2) is 4.39 Å². The van der Waals surface area contributed by atoms with Crippen molar-refractivity contribution in [1.82, 2.24) is 0 Å². The van der Waals surface area contributed by atoms with Gasteiger partial charge in [0.25, 0.3) is 0 Å². The van der Waals surface area contributed by atoms with Crippen LogP contribution in [0.2, 0.25) is 5.02 Å². The van der Waals surface area contributed by atoms with Gasteiger partial charge in [-0.15, -0.1) is 0 Å². The van der Waals surface area contributed by atoms with E-state index in [0.29, 0.717) is 12.8 Å². The summed E-state index contributed by atoms with van der Waals surface area (Å²) in [6.07, 6.45) is 4.12. The van der Waals surface area contributed by atoms with Gasteiger partial charge in [-0.05, 0) is 25.0 Å². The van der Waals surface area contributed by atoms with E-state index in [-0.39, 0.29) is 10.7 Å². The molecule has 0 aromatic heterocycles. The van der Waals surface area contributed by atoms with Crippen LogP contribution in [0.3, 0.4) is 0 Å². The van der Waals surface area contributed by atoms with Crippen LogP contribution in [0.4, 0.5) is 10.1 Å².